The SMILES string of the molecule is COCCN(C)C(=O)c1ccc(-n2ncc(C(=O)O)c2C(F)(F)F)cc1. The fourth-order valence-corrected chi connectivity index (χ4v) is 2.27. The molecule has 0 atom stereocenters. The van der Waals surface area contributed by atoms with Crippen LogP contribution in [-0.2, 0) is 10.9 Å². The highest BCUT2D eigenvalue weighted by molar-refractivity contribution is 5.94. The minimum atomic E-state index is -4.90. The number of carboxylic acids is 1. The lowest BCUT2D eigenvalue weighted by Crippen LogP contribution is -2.29. The van der Waals surface area contributed by atoms with Gasteiger partial charge in [-0.15, -0.1) is 0 Å². The maximum Gasteiger partial charge on any atom is 0.434 e. The molecule has 1 aromatic heterocycles. The Morgan fingerprint density at radius 3 is 2.38 bits per heavy atom. The molecule has 10 heteroatoms. The highest BCUT2D eigenvalue weighted by Crippen LogP contribution is 2.33. The summed E-state index contributed by atoms with van der Waals surface area (Å²) in [6.45, 7) is 0.705. The molecule has 0 unspecified atom stereocenters. The van der Waals surface area contributed by atoms with Crippen LogP contribution in [0.3, 0.4) is 0 Å². The molecule has 0 radical (unpaired) electrons. The summed E-state index contributed by atoms with van der Waals surface area (Å²) in [4.78, 5) is 24.6. The summed E-state index contributed by atoms with van der Waals surface area (Å²) in [7, 11) is 3.07. The van der Waals surface area contributed by atoms with Gasteiger partial charge in [-0.1, -0.05) is 0 Å². The molecule has 1 heterocycles. The van der Waals surface area contributed by atoms with Crippen LogP contribution in [-0.4, -0.2) is 59.0 Å². The van der Waals surface area contributed by atoms with Gasteiger partial charge in [-0.05, 0) is 24.3 Å². The quantitative estimate of drug-likeness (QED) is 0.842. The first kappa shape index (κ1) is 19.4. The summed E-state index contributed by atoms with van der Waals surface area (Å²) >= 11 is 0. The predicted octanol–water partition coefficient (Wildman–Crippen LogP) is 2.31. The number of nitrogens with zero attached hydrogens (tertiary/aromatic N) is 3. The number of rotatable bonds is 6. The Morgan fingerprint density at radius 1 is 1.27 bits per heavy atom. The Kier molecular flexibility index (Phi) is 5.66. The number of alkyl halides is 3. The summed E-state index contributed by atoms with van der Waals surface area (Å²) in [5.41, 5.74) is -2.08. The van der Waals surface area contributed by atoms with Gasteiger partial charge < -0.3 is 14.7 Å². The molecule has 2 rings (SSSR count). The summed E-state index contributed by atoms with van der Waals surface area (Å²) in [5, 5.41) is 12.5. The Morgan fingerprint density at radius 2 is 1.88 bits per heavy atom. The molecule has 0 saturated heterocycles. The molecular formula is C16H16F3N3O4. The van der Waals surface area contributed by atoms with Crippen LogP contribution in [0.2, 0.25) is 0 Å². The summed E-state index contributed by atoms with van der Waals surface area (Å²) < 4.78 is 45.0. The average molecular weight is 371 g/mol. The molecule has 7 nitrogen and oxygen atoms in total. The number of ether oxygens (including phenoxy) is 1. The lowest BCUT2D eigenvalue weighted by Gasteiger charge is -2.17. The monoisotopic (exact) mass is 371 g/mol. The molecule has 0 aliphatic carbocycles. The van der Waals surface area contributed by atoms with Crippen LogP contribution in [0.25, 0.3) is 5.69 Å². The molecule has 1 aromatic carbocycles. The topological polar surface area (TPSA) is 84.7 Å². The van der Waals surface area contributed by atoms with Crippen LogP contribution in [0.15, 0.2) is 30.5 Å². The number of carbonyl (C=O) groups is 2. The van der Waals surface area contributed by atoms with Crippen LogP contribution < -0.4 is 0 Å². The lowest BCUT2D eigenvalue weighted by atomic mass is 10.1. The molecule has 1 N–H and O–H groups in total. The lowest BCUT2D eigenvalue weighted by molar-refractivity contribution is -0.143. The van der Waals surface area contributed by atoms with E-state index in [2.05, 4.69) is 5.10 Å². The van der Waals surface area contributed by atoms with E-state index < -0.39 is 23.4 Å². The summed E-state index contributed by atoms with van der Waals surface area (Å²) in [6, 6.07) is 5.24. The van der Waals surface area contributed by atoms with E-state index in [4.69, 9.17) is 9.84 Å². The van der Waals surface area contributed by atoms with Crippen molar-refractivity contribution in [2.24, 2.45) is 0 Å². The standard InChI is InChI=1S/C16H16F3N3O4/c1-21(7-8-26-2)14(23)10-3-5-11(6-4-10)22-13(16(17,18)19)12(9-20-22)15(24)25/h3-6,9H,7-8H2,1-2H3,(H,24,25). The number of aromatic nitrogens is 2. The largest absolute Gasteiger partial charge is 0.478 e. The number of likely N-dealkylation sites (N-methyl/N-ethyl adjacent to an activating group) is 1. The molecule has 1 amide bonds. The second kappa shape index (κ2) is 7.56. The number of amides is 1. The molecule has 2 aromatic rings. The van der Waals surface area contributed by atoms with Crippen LogP contribution >= 0.6 is 0 Å². The van der Waals surface area contributed by atoms with Gasteiger partial charge in [0.05, 0.1) is 18.5 Å². The zero-order valence-electron chi connectivity index (χ0n) is 13.9. The Labute approximate surface area is 146 Å². The van der Waals surface area contributed by atoms with Crippen molar-refractivity contribution in [1.82, 2.24) is 14.7 Å². The van der Waals surface area contributed by atoms with Crippen LogP contribution in [0.1, 0.15) is 26.4 Å². The van der Waals surface area contributed by atoms with Crippen molar-refractivity contribution in [3.8, 4) is 5.69 Å². The number of carbonyl (C=O) groups excluding carboxylic acids is 1. The van der Waals surface area contributed by atoms with Crippen molar-refractivity contribution in [2.45, 2.75) is 6.18 Å². The fourth-order valence-electron chi connectivity index (χ4n) is 2.27. The number of aromatic carboxylic acids is 1. The van der Waals surface area contributed by atoms with E-state index in [-0.39, 0.29) is 17.2 Å². The number of benzene rings is 1. The normalized spacial score (nSPS) is 11.4. The second-order valence-corrected chi connectivity index (χ2v) is 5.39. The van der Waals surface area contributed by atoms with Crippen molar-refractivity contribution in [1.29, 1.82) is 0 Å². The summed E-state index contributed by atoms with van der Waals surface area (Å²) in [5.74, 6) is -2.05. The van der Waals surface area contributed by atoms with E-state index >= 15 is 0 Å². The van der Waals surface area contributed by atoms with Crippen molar-refractivity contribution in [3.63, 3.8) is 0 Å². The Balaban J connectivity index is 2.35. The van der Waals surface area contributed by atoms with Gasteiger partial charge in [-0.3, -0.25) is 4.79 Å². The zero-order valence-corrected chi connectivity index (χ0v) is 13.9. The van der Waals surface area contributed by atoms with Crippen LogP contribution in [0.4, 0.5) is 13.2 Å². The van der Waals surface area contributed by atoms with Gasteiger partial charge in [0.1, 0.15) is 5.56 Å². The van der Waals surface area contributed by atoms with E-state index in [1.807, 2.05) is 0 Å². The number of hydrogen-bond donors (Lipinski definition) is 1. The van der Waals surface area contributed by atoms with Crippen molar-refractivity contribution in [3.05, 3.63) is 47.3 Å². The smallest absolute Gasteiger partial charge is 0.434 e. The van der Waals surface area contributed by atoms with Gasteiger partial charge in [-0.25, -0.2) is 9.48 Å². The summed E-state index contributed by atoms with van der Waals surface area (Å²) in [6.07, 6.45) is -4.26. The first-order chi connectivity index (χ1) is 12.2. The molecule has 0 bridgehead atoms. The molecule has 0 aliphatic heterocycles. The third-order valence-corrected chi connectivity index (χ3v) is 3.60. The highest BCUT2D eigenvalue weighted by atomic mass is 19.4. The third-order valence-electron chi connectivity index (χ3n) is 3.60. The van der Waals surface area contributed by atoms with Crippen LogP contribution in [0, 0.1) is 0 Å². The van der Waals surface area contributed by atoms with Gasteiger partial charge >= 0.3 is 12.1 Å². The molecule has 0 saturated carbocycles. The van der Waals surface area contributed by atoms with Gasteiger partial charge in [0.15, 0.2) is 5.69 Å². The van der Waals surface area contributed by atoms with Gasteiger partial charge in [0, 0.05) is 26.3 Å². The van der Waals surface area contributed by atoms with Gasteiger partial charge in [-0.2, -0.15) is 18.3 Å². The Bertz CT molecular complexity index is 800. The Hall–Kier alpha value is -2.88. The molecule has 0 spiro atoms. The highest BCUT2D eigenvalue weighted by Gasteiger charge is 2.40. The first-order valence-corrected chi connectivity index (χ1v) is 7.40. The first-order valence-electron chi connectivity index (χ1n) is 7.40. The number of methoxy groups -OCH3 is 1. The van der Waals surface area contributed by atoms with Gasteiger partial charge in [0.25, 0.3) is 5.91 Å². The van der Waals surface area contributed by atoms with Gasteiger partial charge in [0.2, 0.25) is 0 Å². The fraction of sp³-hybridized carbons (Fsp3) is 0.312. The molecular weight excluding hydrogens is 355 g/mol. The number of hydrogen-bond acceptors (Lipinski definition) is 4. The van der Waals surface area contributed by atoms with Crippen molar-refractivity contribution >= 4 is 11.9 Å². The van der Waals surface area contributed by atoms with E-state index in [9.17, 15) is 22.8 Å². The maximum atomic E-state index is 13.2. The minimum Gasteiger partial charge on any atom is -0.478 e. The number of carboxylic acid groups (broad SMARTS) is 1. The molecule has 0 aliphatic rings. The van der Waals surface area contributed by atoms with Crippen LogP contribution in [0.5, 0.6) is 0 Å². The van der Waals surface area contributed by atoms with Crippen molar-refractivity contribution < 1.29 is 32.6 Å². The van der Waals surface area contributed by atoms with Crippen molar-refractivity contribution in [2.75, 3.05) is 27.3 Å². The van der Waals surface area contributed by atoms with E-state index in [1.54, 1.807) is 7.05 Å². The molecule has 140 valence electrons. The molecule has 0 fully saturated rings. The maximum absolute atomic E-state index is 13.2. The predicted molar refractivity (Wildman–Crippen MR) is 84.4 cm³/mol. The third kappa shape index (κ3) is 4.02. The molecule has 26 heavy (non-hydrogen) atoms. The minimum absolute atomic E-state index is 0.0130. The van der Waals surface area contributed by atoms with E-state index in [0.29, 0.717) is 24.0 Å². The zero-order chi connectivity index (χ0) is 19.5. The van der Waals surface area contributed by atoms with E-state index in [1.165, 1.54) is 36.3 Å². The van der Waals surface area contributed by atoms with E-state index in [0.717, 1.165) is 0 Å². The average Bonchev–Trinajstić information content (AvgIpc) is 3.05. The second-order valence-electron chi connectivity index (χ2n) is 5.39. The number of halogens is 3.